The molecule has 112 valence electrons. The summed E-state index contributed by atoms with van der Waals surface area (Å²) in [6.07, 6.45) is 3.51. The predicted molar refractivity (Wildman–Crippen MR) is 86.9 cm³/mol. The fraction of sp³-hybridized carbons (Fsp3) is 0.667. The van der Waals surface area contributed by atoms with Crippen molar-refractivity contribution in [3.63, 3.8) is 0 Å². The zero-order valence-electron chi connectivity index (χ0n) is 12.7. The van der Waals surface area contributed by atoms with Crippen LogP contribution in [0.4, 0.5) is 10.7 Å². The van der Waals surface area contributed by atoms with E-state index in [1.807, 2.05) is 6.92 Å². The van der Waals surface area contributed by atoms with E-state index in [9.17, 15) is 4.79 Å². The highest BCUT2D eigenvalue weighted by Crippen LogP contribution is 2.51. The van der Waals surface area contributed by atoms with Crippen molar-refractivity contribution in [2.45, 2.75) is 46.0 Å². The standard InChI is InChI=1S/C15H25N3OS/c1-4-9-18(6-3)15-11(10-7-8-10)12(16)13(20-15)14(19)17-5-2/h10H,4-9,16H2,1-3H3,(H,17,19). The van der Waals surface area contributed by atoms with Gasteiger partial charge in [-0.2, -0.15) is 0 Å². The molecule has 1 fully saturated rings. The lowest BCUT2D eigenvalue weighted by molar-refractivity contribution is 0.0960. The van der Waals surface area contributed by atoms with Crippen LogP contribution in [0.15, 0.2) is 0 Å². The molecular weight excluding hydrogens is 270 g/mol. The average molecular weight is 295 g/mol. The lowest BCUT2D eigenvalue weighted by Crippen LogP contribution is -2.23. The van der Waals surface area contributed by atoms with Crippen LogP contribution in [0, 0.1) is 0 Å². The average Bonchev–Trinajstić information content (AvgIpc) is 3.20. The topological polar surface area (TPSA) is 58.4 Å². The van der Waals surface area contributed by atoms with Gasteiger partial charge < -0.3 is 16.0 Å². The Kier molecular flexibility index (Phi) is 4.91. The van der Waals surface area contributed by atoms with Gasteiger partial charge in [-0.1, -0.05) is 6.92 Å². The van der Waals surface area contributed by atoms with Crippen LogP contribution in [-0.2, 0) is 0 Å². The van der Waals surface area contributed by atoms with Crippen molar-refractivity contribution in [3.8, 4) is 0 Å². The lowest BCUT2D eigenvalue weighted by Gasteiger charge is -2.22. The van der Waals surface area contributed by atoms with Gasteiger partial charge in [0.05, 0.1) is 10.7 Å². The summed E-state index contributed by atoms with van der Waals surface area (Å²) in [7, 11) is 0. The van der Waals surface area contributed by atoms with Gasteiger partial charge >= 0.3 is 0 Å². The van der Waals surface area contributed by atoms with Crippen LogP contribution < -0.4 is 16.0 Å². The summed E-state index contributed by atoms with van der Waals surface area (Å²) in [6, 6.07) is 0. The number of anilines is 2. The molecule has 1 aromatic rings. The minimum Gasteiger partial charge on any atom is -0.397 e. The number of nitrogens with one attached hydrogen (secondary N) is 1. The molecule has 5 heteroatoms. The van der Waals surface area contributed by atoms with Gasteiger partial charge in [0, 0.05) is 25.2 Å². The zero-order chi connectivity index (χ0) is 14.7. The third-order valence-electron chi connectivity index (χ3n) is 3.66. The Morgan fingerprint density at radius 1 is 1.40 bits per heavy atom. The fourth-order valence-corrected chi connectivity index (χ4v) is 3.84. The van der Waals surface area contributed by atoms with Gasteiger partial charge in [0.25, 0.3) is 5.91 Å². The molecule has 0 aliphatic heterocycles. The zero-order valence-corrected chi connectivity index (χ0v) is 13.5. The molecule has 0 atom stereocenters. The number of thiophene rings is 1. The molecule has 2 rings (SSSR count). The lowest BCUT2D eigenvalue weighted by atomic mass is 10.1. The SMILES string of the molecule is CCCN(CC)c1sc(C(=O)NCC)c(N)c1C1CC1. The monoisotopic (exact) mass is 295 g/mol. The van der Waals surface area contributed by atoms with Crippen molar-refractivity contribution >= 4 is 27.9 Å². The van der Waals surface area contributed by atoms with Gasteiger partial charge in [0.1, 0.15) is 4.88 Å². The first kappa shape index (κ1) is 15.2. The number of carbonyl (C=O) groups is 1. The van der Waals surface area contributed by atoms with Crippen molar-refractivity contribution < 1.29 is 4.79 Å². The number of nitrogen functional groups attached to an aromatic ring is 1. The van der Waals surface area contributed by atoms with E-state index < -0.39 is 0 Å². The van der Waals surface area contributed by atoms with Gasteiger partial charge in [-0.25, -0.2) is 0 Å². The summed E-state index contributed by atoms with van der Waals surface area (Å²) in [5, 5.41) is 4.08. The molecule has 1 amide bonds. The van der Waals surface area contributed by atoms with E-state index in [1.54, 1.807) is 11.3 Å². The van der Waals surface area contributed by atoms with Gasteiger partial charge in [0.15, 0.2) is 0 Å². The van der Waals surface area contributed by atoms with E-state index in [2.05, 4.69) is 24.1 Å². The Morgan fingerprint density at radius 3 is 2.60 bits per heavy atom. The van der Waals surface area contributed by atoms with Crippen LogP contribution in [-0.4, -0.2) is 25.5 Å². The van der Waals surface area contributed by atoms with Crippen LogP contribution in [0.3, 0.4) is 0 Å². The Morgan fingerprint density at radius 2 is 2.10 bits per heavy atom. The molecule has 0 radical (unpaired) electrons. The molecule has 3 N–H and O–H groups in total. The van der Waals surface area contributed by atoms with Gasteiger partial charge in [-0.05, 0) is 39.0 Å². The van der Waals surface area contributed by atoms with Gasteiger partial charge in [0.2, 0.25) is 0 Å². The summed E-state index contributed by atoms with van der Waals surface area (Å²) < 4.78 is 0. The first-order valence-electron chi connectivity index (χ1n) is 7.59. The van der Waals surface area contributed by atoms with E-state index in [-0.39, 0.29) is 5.91 Å². The van der Waals surface area contributed by atoms with Gasteiger partial charge in [-0.15, -0.1) is 11.3 Å². The third kappa shape index (κ3) is 2.92. The van der Waals surface area contributed by atoms with Crippen LogP contribution >= 0.6 is 11.3 Å². The molecule has 0 saturated heterocycles. The van der Waals surface area contributed by atoms with Crippen molar-refractivity contribution in [2.75, 3.05) is 30.3 Å². The highest BCUT2D eigenvalue weighted by molar-refractivity contribution is 7.18. The summed E-state index contributed by atoms with van der Waals surface area (Å²) in [5.74, 6) is 0.533. The molecular formula is C15H25N3OS. The summed E-state index contributed by atoms with van der Waals surface area (Å²) in [5.41, 5.74) is 8.23. The first-order chi connectivity index (χ1) is 9.63. The van der Waals surface area contributed by atoms with Gasteiger partial charge in [-0.3, -0.25) is 4.79 Å². The first-order valence-corrected chi connectivity index (χ1v) is 8.40. The molecule has 20 heavy (non-hydrogen) atoms. The molecule has 1 heterocycles. The number of nitrogens with zero attached hydrogens (tertiary/aromatic N) is 1. The number of rotatable bonds is 7. The summed E-state index contributed by atoms with van der Waals surface area (Å²) >= 11 is 1.56. The number of nitrogens with two attached hydrogens (primary N) is 1. The van der Waals surface area contributed by atoms with Crippen LogP contribution in [0.1, 0.15) is 61.2 Å². The van der Waals surface area contributed by atoms with E-state index in [4.69, 9.17) is 5.73 Å². The predicted octanol–water partition coefficient (Wildman–Crippen LogP) is 3.19. The molecule has 0 aromatic carbocycles. The largest absolute Gasteiger partial charge is 0.397 e. The van der Waals surface area contributed by atoms with Crippen LogP contribution in [0.25, 0.3) is 0 Å². The quantitative estimate of drug-likeness (QED) is 0.812. The second-order valence-corrected chi connectivity index (χ2v) is 6.28. The van der Waals surface area contributed by atoms with E-state index >= 15 is 0 Å². The number of carbonyl (C=O) groups excluding carboxylic acids is 1. The van der Waals surface area contributed by atoms with E-state index in [0.717, 1.165) is 19.5 Å². The Balaban J connectivity index is 2.39. The maximum Gasteiger partial charge on any atom is 0.263 e. The fourth-order valence-electron chi connectivity index (χ4n) is 2.53. The summed E-state index contributed by atoms with van der Waals surface area (Å²) in [4.78, 5) is 15.2. The molecule has 0 bridgehead atoms. The number of amides is 1. The summed E-state index contributed by atoms with van der Waals surface area (Å²) in [6.45, 7) is 8.89. The van der Waals surface area contributed by atoms with Crippen molar-refractivity contribution in [2.24, 2.45) is 0 Å². The minimum absolute atomic E-state index is 0.0318. The van der Waals surface area contributed by atoms with Crippen LogP contribution in [0.5, 0.6) is 0 Å². The Hall–Kier alpha value is -1.23. The van der Waals surface area contributed by atoms with Crippen molar-refractivity contribution in [1.29, 1.82) is 0 Å². The minimum atomic E-state index is -0.0318. The van der Waals surface area contributed by atoms with E-state index in [0.29, 0.717) is 23.0 Å². The molecule has 0 spiro atoms. The second kappa shape index (κ2) is 6.48. The Labute approximate surface area is 125 Å². The number of hydrogen-bond acceptors (Lipinski definition) is 4. The van der Waals surface area contributed by atoms with Crippen LogP contribution in [0.2, 0.25) is 0 Å². The van der Waals surface area contributed by atoms with Crippen molar-refractivity contribution in [1.82, 2.24) is 5.32 Å². The second-order valence-electron chi connectivity index (χ2n) is 5.28. The maximum atomic E-state index is 12.1. The molecule has 1 aromatic heterocycles. The Bertz CT molecular complexity index is 480. The molecule has 1 aliphatic rings. The third-order valence-corrected chi connectivity index (χ3v) is 4.94. The highest BCUT2D eigenvalue weighted by atomic mass is 32.1. The number of hydrogen-bond donors (Lipinski definition) is 2. The molecule has 1 saturated carbocycles. The van der Waals surface area contributed by atoms with Crippen molar-refractivity contribution in [3.05, 3.63) is 10.4 Å². The smallest absolute Gasteiger partial charge is 0.263 e. The molecule has 0 unspecified atom stereocenters. The maximum absolute atomic E-state index is 12.1. The molecule has 1 aliphatic carbocycles. The molecule has 4 nitrogen and oxygen atoms in total. The van der Waals surface area contributed by atoms with E-state index in [1.165, 1.54) is 23.4 Å². The normalized spacial score (nSPS) is 14.3. The highest BCUT2D eigenvalue weighted by Gasteiger charge is 2.34.